The van der Waals surface area contributed by atoms with Gasteiger partial charge in [0.1, 0.15) is 10.6 Å². The number of ether oxygens (including phenoxy) is 1. The van der Waals surface area contributed by atoms with E-state index in [0.717, 1.165) is 11.3 Å². The van der Waals surface area contributed by atoms with Gasteiger partial charge in [-0.2, -0.15) is 0 Å². The summed E-state index contributed by atoms with van der Waals surface area (Å²) in [5.74, 6) is -0.521. The monoisotopic (exact) mass is 410 g/mol. The van der Waals surface area contributed by atoms with E-state index in [4.69, 9.17) is 27.6 Å². The maximum absolute atomic E-state index is 12.4. The minimum atomic E-state index is -0.503. The molecule has 0 fully saturated rings. The number of aromatic nitrogens is 1. The highest BCUT2D eigenvalue weighted by molar-refractivity contribution is 7.17. The zero-order valence-electron chi connectivity index (χ0n) is 13.6. The molecule has 6 nitrogen and oxygen atoms in total. The van der Waals surface area contributed by atoms with Crippen molar-refractivity contribution in [2.24, 2.45) is 0 Å². The van der Waals surface area contributed by atoms with Crippen LogP contribution in [0.1, 0.15) is 25.9 Å². The molecular formula is C17H12Cl2N2O4S. The summed E-state index contributed by atoms with van der Waals surface area (Å²) >= 11 is 13.1. The first kappa shape index (κ1) is 18.4. The topological polar surface area (TPSA) is 81.4 Å². The average Bonchev–Trinajstić information content (AvgIpc) is 3.23. The van der Waals surface area contributed by atoms with Gasteiger partial charge in [0.05, 0.1) is 17.8 Å². The third-order valence-corrected chi connectivity index (χ3v) is 5.03. The van der Waals surface area contributed by atoms with Crippen LogP contribution in [-0.2, 0) is 4.74 Å². The van der Waals surface area contributed by atoms with Crippen molar-refractivity contribution in [3.8, 4) is 11.3 Å². The van der Waals surface area contributed by atoms with E-state index in [0.29, 0.717) is 31.9 Å². The molecule has 3 rings (SSSR count). The third kappa shape index (κ3) is 3.75. The summed E-state index contributed by atoms with van der Waals surface area (Å²) in [7, 11) is 1.28. The molecule has 0 spiro atoms. The number of furan rings is 1. The number of nitrogens with one attached hydrogen (secondary N) is 1. The number of carbonyl (C=O) groups excluding carboxylic acids is 2. The van der Waals surface area contributed by atoms with Gasteiger partial charge >= 0.3 is 5.97 Å². The van der Waals surface area contributed by atoms with Crippen molar-refractivity contribution in [3.05, 3.63) is 56.7 Å². The van der Waals surface area contributed by atoms with E-state index in [1.165, 1.54) is 13.2 Å². The first-order valence-electron chi connectivity index (χ1n) is 7.31. The molecule has 26 heavy (non-hydrogen) atoms. The second kappa shape index (κ2) is 7.49. The number of halogens is 2. The summed E-state index contributed by atoms with van der Waals surface area (Å²) in [6.45, 7) is 1.66. The number of hydrogen-bond acceptors (Lipinski definition) is 6. The Bertz CT molecular complexity index is 997. The number of carbonyl (C=O) groups is 2. The Morgan fingerprint density at radius 2 is 2.00 bits per heavy atom. The van der Waals surface area contributed by atoms with Crippen LogP contribution >= 0.6 is 34.5 Å². The van der Waals surface area contributed by atoms with Crippen molar-refractivity contribution in [3.63, 3.8) is 0 Å². The molecule has 1 aromatic carbocycles. The minimum Gasteiger partial charge on any atom is -0.465 e. The summed E-state index contributed by atoms with van der Waals surface area (Å²) in [6.07, 6.45) is 0. The summed E-state index contributed by atoms with van der Waals surface area (Å²) in [6, 6.07) is 8.10. The summed E-state index contributed by atoms with van der Waals surface area (Å²) in [5.41, 5.74) is 1.05. The fraction of sp³-hybridized carbons (Fsp3) is 0.118. The van der Waals surface area contributed by atoms with E-state index in [1.807, 2.05) is 0 Å². The molecule has 0 atom stereocenters. The van der Waals surface area contributed by atoms with Crippen LogP contribution < -0.4 is 5.32 Å². The number of methoxy groups -OCH3 is 1. The van der Waals surface area contributed by atoms with Crippen molar-refractivity contribution in [1.82, 2.24) is 4.98 Å². The molecule has 2 heterocycles. The van der Waals surface area contributed by atoms with Crippen LogP contribution in [0.4, 0.5) is 5.13 Å². The lowest BCUT2D eigenvalue weighted by Crippen LogP contribution is -2.10. The zero-order valence-corrected chi connectivity index (χ0v) is 16.0. The molecule has 0 saturated heterocycles. The molecule has 0 aliphatic heterocycles. The minimum absolute atomic E-state index is 0.0727. The predicted octanol–water partition coefficient (Wildman–Crippen LogP) is 5.06. The lowest BCUT2D eigenvalue weighted by atomic mass is 10.2. The van der Waals surface area contributed by atoms with Crippen LogP contribution in [0.15, 0.2) is 34.7 Å². The number of thiazole rings is 1. The zero-order chi connectivity index (χ0) is 18.8. The second-order valence-electron chi connectivity index (χ2n) is 5.17. The Kier molecular flexibility index (Phi) is 5.31. The molecule has 9 heteroatoms. The lowest BCUT2D eigenvalue weighted by Gasteiger charge is -2.02. The summed E-state index contributed by atoms with van der Waals surface area (Å²) in [5, 5.41) is 3.82. The fourth-order valence-corrected chi connectivity index (χ4v) is 3.44. The molecule has 0 unspecified atom stereocenters. The van der Waals surface area contributed by atoms with Crippen LogP contribution in [0.5, 0.6) is 0 Å². The van der Waals surface area contributed by atoms with Crippen molar-refractivity contribution < 1.29 is 18.7 Å². The molecule has 3 aromatic rings. The van der Waals surface area contributed by atoms with E-state index in [-0.39, 0.29) is 10.9 Å². The van der Waals surface area contributed by atoms with Gasteiger partial charge in [0.25, 0.3) is 5.91 Å². The molecule has 0 aliphatic carbocycles. The van der Waals surface area contributed by atoms with Gasteiger partial charge in [-0.3, -0.25) is 10.1 Å². The summed E-state index contributed by atoms with van der Waals surface area (Å²) < 4.78 is 10.2. The van der Waals surface area contributed by atoms with Gasteiger partial charge in [0, 0.05) is 10.6 Å². The molecule has 0 saturated carbocycles. The number of rotatable bonds is 4. The average molecular weight is 411 g/mol. The second-order valence-corrected chi connectivity index (χ2v) is 7.01. The van der Waals surface area contributed by atoms with Crippen LogP contribution in [-0.4, -0.2) is 24.0 Å². The number of hydrogen-bond donors (Lipinski definition) is 1. The van der Waals surface area contributed by atoms with Crippen molar-refractivity contribution in [2.45, 2.75) is 6.92 Å². The van der Waals surface area contributed by atoms with E-state index in [1.54, 1.807) is 31.2 Å². The molecule has 0 radical (unpaired) electrons. The fourth-order valence-electron chi connectivity index (χ4n) is 2.18. The molecule has 0 bridgehead atoms. The van der Waals surface area contributed by atoms with Gasteiger partial charge in [0.2, 0.25) is 0 Å². The normalized spacial score (nSPS) is 10.6. The number of anilines is 1. The number of benzene rings is 1. The quantitative estimate of drug-likeness (QED) is 0.607. The van der Waals surface area contributed by atoms with Crippen molar-refractivity contribution in [1.29, 1.82) is 0 Å². The van der Waals surface area contributed by atoms with Crippen LogP contribution in [0.3, 0.4) is 0 Å². The standard InChI is InChI=1S/C17H12Cl2N2O4S/c1-8-14(16(23)24-2)26-17(20-8)21-15(22)13-6-5-12(25-13)10-7-9(18)3-4-11(10)19/h3-7H,1-2H3,(H,20,21,22). The van der Waals surface area contributed by atoms with Crippen LogP contribution in [0.2, 0.25) is 10.0 Å². The Morgan fingerprint density at radius 1 is 1.23 bits per heavy atom. The van der Waals surface area contributed by atoms with E-state index < -0.39 is 11.9 Å². The molecule has 134 valence electrons. The maximum Gasteiger partial charge on any atom is 0.350 e. The number of nitrogens with zero attached hydrogens (tertiary/aromatic N) is 1. The third-order valence-electron chi connectivity index (χ3n) is 3.41. The first-order valence-corrected chi connectivity index (χ1v) is 8.88. The number of esters is 1. The van der Waals surface area contributed by atoms with Gasteiger partial charge < -0.3 is 9.15 Å². The Morgan fingerprint density at radius 3 is 2.73 bits per heavy atom. The lowest BCUT2D eigenvalue weighted by molar-refractivity contribution is 0.0605. The van der Waals surface area contributed by atoms with Gasteiger partial charge in [-0.25, -0.2) is 9.78 Å². The van der Waals surface area contributed by atoms with E-state index >= 15 is 0 Å². The molecule has 0 aliphatic rings. The first-order chi connectivity index (χ1) is 12.4. The number of amides is 1. The Balaban J connectivity index is 1.81. The number of aryl methyl sites for hydroxylation is 1. The summed E-state index contributed by atoms with van der Waals surface area (Å²) in [4.78, 5) is 28.4. The highest BCUT2D eigenvalue weighted by Crippen LogP contribution is 2.32. The molecular weight excluding hydrogens is 399 g/mol. The van der Waals surface area contributed by atoms with Gasteiger partial charge in [-0.05, 0) is 37.3 Å². The maximum atomic E-state index is 12.4. The molecule has 1 N–H and O–H groups in total. The predicted molar refractivity (Wildman–Crippen MR) is 100 cm³/mol. The highest BCUT2D eigenvalue weighted by Gasteiger charge is 2.19. The highest BCUT2D eigenvalue weighted by atomic mass is 35.5. The van der Waals surface area contributed by atoms with Gasteiger partial charge in [0.15, 0.2) is 10.9 Å². The van der Waals surface area contributed by atoms with E-state index in [9.17, 15) is 9.59 Å². The SMILES string of the molecule is COC(=O)c1sc(NC(=O)c2ccc(-c3cc(Cl)ccc3Cl)o2)nc1C. The largest absolute Gasteiger partial charge is 0.465 e. The van der Waals surface area contributed by atoms with Gasteiger partial charge in [-0.1, -0.05) is 34.5 Å². The molecule has 1 amide bonds. The van der Waals surface area contributed by atoms with E-state index in [2.05, 4.69) is 15.0 Å². The Labute approximate surface area is 162 Å². The van der Waals surface area contributed by atoms with Crippen LogP contribution in [0.25, 0.3) is 11.3 Å². The smallest absolute Gasteiger partial charge is 0.350 e. The Hall–Kier alpha value is -2.35. The molecule has 2 aromatic heterocycles. The van der Waals surface area contributed by atoms with Crippen molar-refractivity contribution in [2.75, 3.05) is 12.4 Å². The van der Waals surface area contributed by atoms with Crippen molar-refractivity contribution >= 4 is 51.5 Å². The van der Waals surface area contributed by atoms with Crippen LogP contribution in [0, 0.1) is 6.92 Å². The van der Waals surface area contributed by atoms with Gasteiger partial charge in [-0.15, -0.1) is 0 Å².